The van der Waals surface area contributed by atoms with Crippen molar-refractivity contribution in [3.63, 3.8) is 0 Å². The second-order valence-corrected chi connectivity index (χ2v) is 2.26. The molecule has 2 nitrogen and oxygen atoms in total. The van der Waals surface area contributed by atoms with Crippen LogP contribution in [0.5, 0.6) is 0 Å². The Morgan fingerprint density at radius 1 is 1.15 bits per heavy atom. The van der Waals surface area contributed by atoms with E-state index in [1.54, 1.807) is 12.1 Å². The molecule has 70 valence electrons. The van der Waals surface area contributed by atoms with Gasteiger partial charge in [-0.05, 0) is 26.0 Å². The lowest BCUT2D eigenvalue weighted by Gasteiger charge is -1.86. The Labute approximate surface area is 79.8 Å². The maximum Gasteiger partial charge on any atom is 0.0991 e. The van der Waals surface area contributed by atoms with Crippen LogP contribution in [0.4, 0.5) is 0 Å². The highest BCUT2D eigenvalue weighted by molar-refractivity contribution is 5.27. The van der Waals surface area contributed by atoms with Crippen LogP contribution in [0.2, 0.25) is 0 Å². The van der Waals surface area contributed by atoms with Gasteiger partial charge in [-0.3, -0.25) is 0 Å². The maximum absolute atomic E-state index is 8.29. The summed E-state index contributed by atoms with van der Waals surface area (Å²) in [6, 6.07) is 11.2. The molecule has 0 radical (unpaired) electrons. The number of rotatable bonds is 2. The van der Waals surface area contributed by atoms with Crippen LogP contribution in [-0.4, -0.2) is 13.2 Å². The molecule has 0 aromatic heterocycles. The monoisotopic (exact) mass is 177 g/mol. The predicted molar refractivity (Wildman–Crippen MR) is 53.3 cm³/mol. The summed E-state index contributed by atoms with van der Waals surface area (Å²) in [6.07, 6.45) is 0. The zero-order valence-electron chi connectivity index (χ0n) is 8.16. The van der Waals surface area contributed by atoms with Crippen molar-refractivity contribution in [2.24, 2.45) is 0 Å². The summed E-state index contributed by atoms with van der Waals surface area (Å²) in [4.78, 5) is 0. The molecule has 0 unspecified atom stereocenters. The van der Waals surface area contributed by atoms with Crippen molar-refractivity contribution in [2.75, 3.05) is 13.2 Å². The molecule has 13 heavy (non-hydrogen) atoms. The standard InChI is InChI=1S/C7H5N.C4H10O/c8-6-7-4-2-1-3-5-7;1-3-5-4-2/h1-5H;3-4H2,1-2H3. The van der Waals surface area contributed by atoms with Crippen LogP contribution in [0.3, 0.4) is 0 Å². The lowest BCUT2D eigenvalue weighted by atomic mass is 10.2. The van der Waals surface area contributed by atoms with E-state index in [1.165, 1.54) is 0 Å². The molecule has 0 N–H and O–H groups in total. The minimum Gasteiger partial charge on any atom is -0.382 e. The van der Waals surface area contributed by atoms with Gasteiger partial charge in [0.2, 0.25) is 0 Å². The van der Waals surface area contributed by atoms with E-state index >= 15 is 0 Å². The van der Waals surface area contributed by atoms with Gasteiger partial charge in [-0.2, -0.15) is 5.26 Å². The van der Waals surface area contributed by atoms with Gasteiger partial charge in [-0.1, -0.05) is 18.2 Å². The molecule has 0 aliphatic carbocycles. The Kier molecular flexibility index (Phi) is 7.87. The fourth-order valence-corrected chi connectivity index (χ4v) is 0.717. The topological polar surface area (TPSA) is 33.0 Å². The normalized spacial score (nSPS) is 8.08. The molecule has 0 amide bonds. The molecule has 1 aromatic carbocycles. The number of hydrogen-bond acceptors (Lipinski definition) is 2. The van der Waals surface area contributed by atoms with Gasteiger partial charge in [0.25, 0.3) is 0 Å². The van der Waals surface area contributed by atoms with Crippen molar-refractivity contribution in [2.45, 2.75) is 13.8 Å². The van der Waals surface area contributed by atoms with Gasteiger partial charge in [0.15, 0.2) is 0 Å². The summed E-state index contributed by atoms with van der Waals surface area (Å²) < 4.78 is 4.83. The summed E-state index contributed by atoms with van der Waals surface area (Å²) in [7, 11) is 0. The first-order valence-electron chi connectivity index (χ1n) is 4.38. The molecule has 1 rings (SSSR count). The van der Waals surface area contributed by atoms with E-state index in [4.69, 9.17) is 10.00 Å². The number of hydrogen-bond donors (Lipinski definition) is 0. The number of benzene rings is 1. The number of nitrogens with zero attached hydrogens (tertiary/aromatic N) is 1. The smallest absolute Gasteiger partial charge is 0.0991 e. The molecule has 0 fully saturated rings. The summed E-state index contributed by atoms with van der Waals surface area (Å²) >= 11 is 0. The first kappa shape index (κ1) is 11.7. The largest absolute Gasteiger partial charge is 0.382 e. The van der Waals surface area contributed by atoms with E-state index in [1.807, 2.05) is 38.1 Å². The van der Waals surface area contributed by atoms with Gasteiger partial charge in [-0.15, -0.1) is 0 Å². The first-order chi connectivity index (χ1) is 6.35. The predicted octanol–water partition coefficient (Wildman–Crippen LogP) is 2.60. The Morgan fingerprint density at radius 2 is 1.69 bits per heavy atom. The first-order valence-corrected chi connectivity index (χ1v) is 4.38. The van der Waals surface area contributed by atoms with Crippen molar-refractivity contribution < 1.29 is 4.74 Å². The van der Waals surface area contributed by atoms with Crippen molar-refractivity contribution >= 4 is 0 Å². The van der Waals surface area contributed by atoms with Gasteiger partial charge in [0.1, 0.15) is 0 Å². The van der Waals surface area contributed by atoms with Gasteiger partial charge in [-0.25, -0.2) is 0 Å². The SMILES string of the molecule is CCOCC.N#Cc1ccccc1. The Morgan fingerprint density at radius 3 is 1.92 bits per heavy atom. The number of ether oxygens (including phenoxy) is 1. The van der Waals surface area contributed by atoms with Crippen molar-refractivity contribution in [3.8, 4) is 6.07 Å². The quantitative estimate of drug-likeness (QED) is 0.695. The van der Waals surface area contributed by atoms with E-state index in [0.29, 0.717) is 5.56 Å². The minimum atomic E-state index is 0.715. The van der Waals surface area contributed by atoms with E-state index in [0.717, 1.165) is 13.2 Å². The second-order valence-electron chi connectivity index (χ2n) is 2.26. The van der Waals surface area contributed by atoms with Gasteiger partial charge >= 0.3 is 0 Å². The second kappa shape index (κ2) is 8.76. The summed E-state index contributed by atoms with van der Waals surface area (Å²) in [5, 5.41) is 8.29. The average molecular weight is 177 g/mol. The minimum absolute atomic E-state index is 0.715. The zero-order valence-corrected chi connectivity index (χ0v) is 8.16. The lowest BCUT2D eigenvalue weighted by Crippen LogP contribution is -1.84. The molecule has 0 saturated heterocycles. The highest BCUT2D eigenvalue weighted by Gasteiger charge is 1.79. The molecule has 0 saturated carbocycles. The van der Waals surface area contributed by atoms with Crippen molar-refractivity contribution in [3.05, 3.63) is 35.9 Å². The fraction of sp³-hybridized carbons (Fsp3) is 0.364. The molecular formula is C11H15NO. The molecule has 2 heteroatoms. The van der Waals surface area contributed by atoms with E-state index in [-0.39, 0.29) is 0 Å². The average Bonchev–Trinajstić information content (AvgIpc) is 2.21. The summed E-state index contributed by atoms with van der Waals surface area (Å²) in [6.45, 7) is 5.67. The van der Waals surface area contributed by atoms with Crippen LogP contribution in [0.15, 0.2) is 30.3 Å². The summed E-state index contributed by atoms with van der Waals surface area (Å²) in [5.41, 5.74) is 0.715. The number of nitriles is 1. The molecule has 0 aliphatic heterocycles. The van der Waals surface area contributed by atoms with E-state index in [2.05, 4.69) is 0 Å². The van der Waals surface area contributed by atoms with Crippen molar-refractivity contribution in [1.29, 1.82) is 5.26 Å². The molecule has 0 spiro atoms. The molecule has 0 atom stereocenters. The van der Waals surface area contributed by atoms with E-state index in [9.17, 15) is 0 Å². The molecule has 1 aromatic rings. The Balaban J connectivity index is 0.000000252. The van der Waals surface area contributed by atoms with Gasteiger partial charge < -0.3 is 4.74 Å². The molecular weight excluding hydrogens is 162 g/mol. The van der Waals surface area contributed by atoms with E-state index < -0.39 is 0 Å². The van der Waals surface area contributed by atoms with Crippen molar-refractivity contribution in [1.82, 2.24) is 0 Å². The fourth-order valence-electron chi connectivity index (χ4n) is 0.717. The van der Waals surface area contributed by atoms with Gasteiger partial charge in [0.05, 0.1) is 11.6 Å². The summed E-state index contributed by atoms with van der Waals surface area (Å²) in [5.74, 6) is 0. The van der Waals surface area contributed by atoms with Crippen LogP contribution < -0.4 is 0 Å². The third-order valence-electron chi connectivity index (χ3n) is 1.31. The van der Waals surface area contributed by atoms with Crippen LogP contribution in [0, 0.1) is 11.3 Å². The maximum atomic E-state index is 8.29. The molecule has 0 heterocycles. The molecule has 0 bridgehead atoms. The Bertz CT molecular complexity index is 236. The highest BCUT2D eigenvalue weighted by Crippen LogP contribution is 1.93. The van der Waals surface area contributed by atoms with Crippen LogP contribution in [0.25, 0.3) is 0 Å². The lowest BCUT2D eigenvalue weighted by molar-refractivity contribution is 0.162. The highest BCUT2D eigenvalue weighted by atomic mass is 16.5. The third kappa shape index (κ3) is 7.04. The van der Waals surface area contributed by atoms with Gasteiger partial charge in [0, 0.05) is 13.2 Å². The third-order valence-corrected chi connectivity index (χ3v) is 1.31. The Hall–Kier alpha value is -1.33. The molecule has 0 aliphatic rings. The van der Waals surface area contributed by atoms with Crippen LogP contribution >= 0.6 is 0 Å². The zero-order chi connectivity index (χ0) is 9.94. The van der Waals surface area contributed by atoms with Crippen LogP contribution in [0.1, 0.15) is 19.4 Å². The van der Waals surface area contributed by atoms with Crippen LogP contribution in [-0.2, 0) is 4.74 Å².